The fourth-order valence-corrected chi connectivity index (χ4v) is 1.85. The Labute approximate surface area is 97.0 Å². The molecule has 3 aromatic rings. The molecular weight excluding hydrogens is 214 g/mol. The molecule has 0 atom stereocenters. The number of pyridine rings is 1. The van der Waals surface area contributed by atoms with Crippen LogP contribution in [0.5, 0.6) is 0 Å². The molecule has 2 aromatic heterocycles. The molecular formula is C13H9N3O. The molecule has 0 spiro atoms. The van der Waals surface area contributed by atoms with Crippen LogP contribution < -0.4 is 5.56 Å². The van der Waals surface area contributed by atoms with E-state index in [-0.39, 0.29) is 5.56 Å². The Morgan fingerprint density at radius 3 is 2.76 bits per heavy atom. The highest BCUT2D eigenvalue weighted by atomic mass is 16.1. The minimum atomic E-state index is -0.191. The normalized spacial score (nSPS) is 10.6. The number of hydrogen-bond donors (Lipinski definition) is 1. The van der Waals surface area contributed by atoms with Gasteiger partial charge in [-0.25, -0.2) is 4.98 Å². The predicted molar refractivity (Wildman–Crippen MR) is 65.6 cm³/mol. The summed E-state index contributed by atoms with van der Waals surface area (Å²) >= 11 is 0. The summed E-state index contributed by atoms with van der Waals surface area (Å²) in [6, 6.07) is 9.49. The molecule has 1 N–H and O–H groups in total. The predicted octanol–water partition coefficient (Wildman–Crippen LogP) is 1.99. The number of fused-ring (bicyclic) bond motifs is 1. The molecule has 1 aromatic carbocycles. The maximum Gasteiger partial charge on any atom is 0.274 e. The Balaban J connectivity index is 2.39. The number of H-pyrrole nitrogens is 1. The van der Waals surface area contributed by atoms with Gasteiger partial charge in [0, 0.05) is 29.5 Å². The van der Waals surface area contributed by atoms with Crippen molar-refractivity contribution >= 4 is 10.9 Å². The molecule has 0 fully saturated rings. The van der Waals surface area contributed by atoms with Crippen molar-refractivity contribution in [2.75, 3.05) is 0 Å². The molecule has 0 unspecified atom stereocenters. The van der Waals surface area contributed by atoms with Crippen molar-refractivity contribution in [3.05, 3.63) is 59.3 Å². The maximum atomic E-state index is 11.7. The average Bonchev–Trinajstić information content (AvgIpc) is 2.39. The van der Waals surface area contributed by atoms with Gasteiger partial charge < -0.3 is 4.98 Å². The van der Waals surface area contributed by atoms with E-state index >= 15 is 0 Å². The molecule has 4 heteroatoms. The van der Waals surface area contributed by atoms with Gasteiger partial charge in [-0.1, -0.05) is 18.2 Å². The lowest BCUT2D eigenvalue weighted by molar-refractivity contribution is 1.15. The van der Waals surface area contributed by atoms with Gasteiger partial charge in [-0.2, -0.15) is 0 Å². The minimum absolute atomic E-state index is 0.191. The van der Waals surface area contributed by atoms with Crippen LogP contribution in [-0.2, 0) is 0 Å². The van der Waals surface area contributed by atoms with Gasteiger partial charge in [-0.15, -0.1) is 0 Å². The fraction of sp³-hybridized carbons (Fsp3) is 0. The molecule has 4 nitrogen and oxygen atoms in total. The lowest BCUT2D eigenvalue weighted by Gasteiger charge is -2.03. The second-order valence-corrected chi connectivity index (χ2v) is 3.64. The molecule has 0 aliphatic rings. The summed E-state index contributed by atoms with van der Waals surface area (Å²) in [5.74, 6) is 0. The molecule has 3 rings (SSSR count). The zero-order valence-electron chi connectivity index (χ0n) is 8.92. The van der Waals surface area contributed by atoms with Crippen LogP contribution in [0.1, 0.15) is 0 Å². The molecule has 82 valence electrons. The first-order chi connectivity index (χ1) is 8.36. The van der Waals surface area contributed by atoms with Gasteiger partial charge in [-0.3, -0.25) is 9.78 Å². The van der Waals surface area contributed by atoms with Crippen molar-refractivity contribution in [1.29, 1.82) is 0 Å². The third-order valence-electron chi connectivity index (χ3n) is 2.61. The van der Waals surface area contributed by atoms with Gasteiger partial charge >= 0.3 is 0 Å². The third kappa shape index (κ3) is 1.59. The summed E-state index contributed by atoms with van der Waals surface area (Å²) in [7, 11) is 0. The highest BCUT2D eigenvalue weighted by molar-refractivity contribution is 5.92. The van der Waals surface area contributed by atoms with Gasteiger partial charge in [0.1, 0.15) is 5.69 Å². The summed E-state index contributed by atoms with van der Waals surface area (Å²) in [6.45, 7) is 0. The zero-order valence-corrected chi connectivity index (χ0v) is 8.92. The fourth-order valence-electron chi connectivity index (χ4n) is 1.85. The molecule has 0 bridgehead atoms. The highest BCUT2D eigenvalue weighted by Crippen LogP contribution is 2.22. The van der Waals surface area contributed by atoms with Gasteiger partial charge in [0.2, 0.25) is 0 Å². The Morgan fingerprint density at radius 1 is 1.00 bits per heavy atom. The number of para-hydroxylation sites is 1. The van der Waals surface area contributed by atoms with Crippen molar-refractivity contribution in [2.45, 2.75) is 0 Å². The van der Waals surface area contributed by atoms with E-state index in [1.54, 1.807) is 18.5 Å². The van der Waals surface area contributed by atoms with Crippen LogP contribution in [0.4, 0.5) is 0 Å². The largest absolute Gasteiger partial charge is 0.326 e. The first kappa shape index (κ1) is 9.72. The van der Waals surface area contributed by atoms with Crippen LogP contribution >= 0.6 is 0 Å². The summed E-state index contributed by atoms with van der Waals surface area (Å²) in [4.78, 5) is 22.7. The number of rotatable bonds is 1. The first-order valence-corrected chi connectivity index (χ1v) is 5.24. The van der Waals surface area contributed by atoms with Crippen LogP contribution in [0.25, 0.3) is 22.2 Å². The van der Waals surface area contributed by atoms with E-state index in [1.165, 1.54) is 6.20 Å². The second kappa shape index (κ2) is 3.83. The van der Waals surface area contributed by atoms with Crippen molar-refractivity contribution in [2.24, 2.45) is 0 Å². The van der Waals surface area contributed by atoms with Crippen molar-refractivity contribution in [3.8, 4) is 11.3 Å². The van der Waals surface area contributed by atoms with Crippen molar-refractivity contribution in [3.63, 3.8) is 0 Å². The third-order valence-corrected chi connectivity index (χ3v) is 2.61. The van der Waals surface area contributed by atoms with E-state index in [9.17, 15) is 4.79 Å². The molecule has 17 heavy (non-hydrogen) atoms. The van der Waals surface area contributed by atoms with E-state index in [2.05, 4.69) is 15.0 Å². The monoisotopic (exact) mass is 223 g/mol. The first-order valence-electron chi connectivity index (χ1n) is 5.24. The molecule has 2 heterocycles. The second-order valence-electron chi connectivity index (χ2n) is 3.64. The number of nitrogens with one attached hydrogen (secondary N) is 1. The SMILES string of the molecule is O=c1[nH]ccnc1-c1ccnc2ccccc12. The number of benzene rings is 1. The maximum absolute atomic E-state index is 11.7. The number of aromatic nitrogens is 3. The summed E-state index contributed by atoms with van der Waals surface area (Å²) in [6.07, 6.45) is 4.78. The molecule has 0 saturated carbocycles. The number of hydrogen-bond acceptors (Lipinski definition) is 3. The Morgan fingerprint density at radius 2 is 1.88 bits per heavy atom. The molecule has 0 aliphatic carbocycles. The summed E-state index contributed by atoms with van der Waals surface area (Å²) in [5.41, 5.74) is 1.89. The van der Waals surface area contributed by atoms with Crippen molar-refractivity contribution < 1.29 is 0 Å². The van der Waals surface area contributed by atoms with E-state index in [0.717, 1.165) is 16.5 Å². The van der Waals surface area contributed by atoms with Gasteiger partial charge in [-0.05, 0) is 12.1 Å². The van der Waals surface area contributed by atoms with E-state index < -0.39 is 0 Å². The minimum Gasteiger partial charge on any atom is -0.326 e. The van der Waals surface area contributed by atoms with Gasteiger partial charge in [0.25, 0.3) is 5.56 Å². The number of aromatic amines is 1. The summed E-state index contributed by atoms with van der Waals surface area (Å²) < 4.78 is 0. The standard InChI is InChI=1S/C13H9N3O/c17-13-12(15-7-8-16-13)10-5-6-14-11-4-2-1-3-9(10)11/h1-8H,(H,16,17). The lowest BCUT2D eigenvalue weighted by Crippen LogP contribution is -2.09. The molecule has 0 radical (unpaired) electrons. The van der Waals surface area contributed by atoms with Crippen LogP contribution in [0.2, 0.25) is 0 Å². The van der Waals surface area contributed by atoms with Crippen LogP contribution in [0.3, 0.4) is 0 Å². The summed E-state index contributed by atoms with van der Waals surface area (Å²) in [5, 5.41) is 0.930. The Kier molecular flexibility index (Phi) is 2.19. The molecule has 0 amide bonds. The van der Waals surface area contributed by atoms with E-state index in [0.29, 0.717) is 5.69 Å². The van der Waals surface area contributed by atoms with Crippen LogP contribution in [0.15, 0.2) is 53.7 Å². The highest BCUT2D eigenvalue weighted by Gasteiger charge is 2.08. The Hall–Kier alpha value is -2.49. The lowest BCUT2D eigenvalue weighted by atomic mass is 10.1. The van der Waals surface area contributed by atoms with Gasteiger partial charge in [0.15, 0.2) is 0 Å². The number of nitrogens with zero attached hydrogens (tertiary/aromatic N) is 2. The van der Waals surface area contributed by atoms with Crippen LogP contribution in [-0.4, -0.2) is 15.0 Å². The van der Waals surface area contributed by atoms with Crippen molar-refractivity contribution in [1.82, 2.24) is 15.0 Å². The van der Waals surface area contributed by atoms with E-state index in [4.69, 9.17) is 0 Å². The van der Waals surface area contributed by atoms with E-state index in [1.807, 2.05) is 24.3 Å². The molecule has 0 aliphatic heterocycles. The zero-order chi connectivity index (χ0) is 11.7. The topological polar surface area (TPSA) is 58.6 Å². The Bertz CT molecular complexity index is 728. The van der Waals surface area contributed by atoms with Crippen LogP contribution in [0, 0.1) is 0 Å². The van der Waals surface area contributed by atoms with Gasteiger partial charge in [0.05, 0.1) is 5.52 Å². The quantitative estimate of drug-likeness (QED) is 0.686. The molecule has 0 saturated heterocycles. The smallest absolute Gasteiger partial charge is 0.274 e. The average molecular weight is 223 g/mol.